The number of nitrogens with one attached hydrogen (secondary N) is 3. The summed E-state index contributed by atoms with van der Waals surface area (Å²) in [4.78, 5) is 8.00. The molecule has 0 aromatic heterocycles. The SMILES string of the molecule is C=O.O=S(NCC(NC[C@@H]1CCCN1)c1ccccc1)C(F)(F)F.c1ccccc1. The Morgan fingerprint density at radius 3 is 2.03 bits per heavy atom. The van der Waals surface area contributed by atoms with E-state index >= 15 is 0 Å². The van der Waals surface area contributed by atoms with Crippen molar-refractivity contribution in [1.29, 1.82) is 0 Å². The van der Waals surface area contributed by atoms with Crippen molar-refractivity contribution in [2.45, 2.75) is 30.4 Å². The van der Waals surface area contributed by atoms with E-state index in [2.05, 4.69) is 15.4 Å². The number of halogens is 3. The van der Waals surface area contributed by atoms with Gasteiger partial charge in [0.25, 0.3) is 0 Å². The van der Waals surface area contributed by atoms with Crippen molar-refractivity contribution in [2.24, 2.45) is 0 Å². The Morgan fingerprint density at radius 1 is 1.03 bits per heavy atom. The molecule has 1 heterocycles. The summed E-state index contributed by atoms with van der Waals surface area (Å²) in [5, 5.41) is 6.59. The minimum absolute atomic E-state index is 0.0527. The maximum absolute atomic E-state index is 12.3. The van der Waals surface area contributed by atoms with Gasteiger partial charge in [-0.05, 0) is 24.9 Å². The Kier molecular flexibility index (Phi) is 12.8. The summed E-state index contributed by atoms with van der Waals surface area (Å²) in [6.45, 7) is 3.58. The van der Waals surface area contributed by atoms with Crippen molar-refractivity contribution in [2.75, 3.05) is 19.6 Å². The van der Waals surface area contributed by atoms with Crippen LogP contribution in [0.4, 0.5) is 13.2 Å². The zero-order valence-corrected chi connectivity index (χ0v) is 17.4. The highest BCUT2D eigenvalue weighted by Gasteiger charge is 2.37. The van der Waals surface area contributed by atoms with Crippen LogP contribution in [-0.4, -0.2) is 42.2 Å². The van der Waals surface area contributed by atoms with Crippen molar-refractivity contribution >= 4 is 17.8 Å². The van der Waals surface area contributed by atoms with E-state index in [9.17, 15) is 17.4 Å². The number of carbonyl (C=O) groups is 1. The van der Waals surface area contributed by atoms with Gasteiger partial charge in [0.2, 0.25) is 0 Å². The Bertz CT molecular complexity index is 673. The van der Waals surface area contributed by atoms with Gasteiger partial charge in [-0.3, -0.25) is 0 Å². The number of carbonyl (C=O) groups excluding carboxylic acids is 1. The summed E-state index contributed by atoms with van der Waals surface area (Å²) in [7, 11) is -3.04. The van der Waals surface area contributed by atoms with Gasteiger partial charge >= 0.3 is 5.51 Å². The average molecular weight is 444 g/mol. The number of rotatable bonds is 7. The molecular formula is C21H28F3N3O2S. The lowest BCUT2D eigenvalue weighted by Gasteiger charge is -2.22. The van der Waals surface area contributed by atoms with Crippen molar-refractivity contribution in [3.8, 4) is 0 Å². The summed E-state index contributed by atoms with van der Waals surface area (Å²) >= 11 is 0. The molecule has 0 bridgehead atoms. The third-order valence-corrected chi connectivity index (χ3v) is 5.12. The predicted molar refractivity (Wildman–Crippen MR) is 114 cm³/mol. The monoisotopic (exact) mass is 443 g/mol. The van der Waals surface area contributed by atoms with E-state index in [0.717, 1.165) is 24.9 Å². The summed E-state index contributed by atoms with van der Waals surface area (Å²) < 4.78 is 50.2. The predicted octanol–water partition coefficient (Wildman–Crippen LogP) is 3.34. The number of hydrogen-bond acceptors (Lipinski definition) is 4. The van der Waals surface area contributed by atoms with Gasteiger partial charge in [0.15, 0.2) is 11.0 Å². The molecule has 166 valence electrons. The van der Waals surface area contributed by atoms with E-state index in [1.54, 1.807) is 0 Å². The molecule has 5 nitrogen and oxygen atoms in total. The van der Waals surface area contributed by atoms with Crippen LogP contribution in [-0.2, 0) is 15.8 Å². The van der Waals surface area contributed by atoms with Crippen molar-refractivity contribution in [1.82, 2.24) is 15.4 Å². The second-order valence-corrected chi connectivity index (χ2v) is 7.67. The van der Waals surface area contributed by atoms with Crippen LogP contribution < -0.4 is 15.4 Å². The zero-order chi connectivity index (χ0) is 22.2. The third kappa shape index (κ3) is 10.6. The molecule has 0 spiro atoms. The van der Waals surface area contributed by atoms with Crippen LogP contribution in [0.1, 0.15) is 24.4 Å². The molecule has 1 aliphatic rings. The molecule has 9 heteroatoms. The van der Waals surface area contributed by atoms with Crippen LogP contribution in [0.2, 0.25) is 0 Å². The van der Waals surface area contributed by atoms with E-state index in [1.165, 1.54) is 0 Å². The molecule has 3 rings (SSSR count). The standard InChI is InChI=1S/C14H20F3N3OS.C6H6.CH2O/c15-14(16,17)22(21)20-10-13(11-5-2-1-3-6-11)19-9-12-7-4-8-18-12;1-2-4-6-5-3-1;1-2/h1-3,5-6,12-13,18-20H,4,7-10H2;1-6H;1H2/t12-,13?,22?;;/m0../s1. The van der Waals surface area contributed by atoms with Gasteiger partial charge < -0.3 is 15.4 Å². The molecule has 0 amide bonds. The van der Waals surface area contributed by atoms with Crippen LogP contribution in [0.25, 0.3) is 0 Å². The third-order valence-electron chi connectivity index (χ3n) is 4.27. The van der Waals surface area contributed by atoms with Crippen LogP contribution >= 0.6 is 0 Å². The first-order chi connectivity index (χ1) is 14.5. The average Bonchev–Trinajstić information content (AvgIpc) is 3.30. The molecule has 2 aromatic carbocycles. The van der Waals surface area contributed by atoms with E-state index < -0.39 is 16.5 Å². The Labute approximate surface area is 178 Å². The summed E-state index contributed by atoms with van der Waals surface area (Å²) in [5.41, 5.74) is -3.87. The second-order valence-electron chi connectivity index (χ2n) is 6.38. The van der Waals surface area contributed by atoms with Crippen molar-refractivity contribution < 1.29 is 22.2 Å². The lowest BCUT2D eigenvalue weighted by atomic mass is 10.1. The summed E-state index contributed by atoms with van der Waals surface area (Å²) in [6, 6.07) is 21.2. The normalized spacial score (nSPS) is 17.6. The molecule has 2 aromatic rings. The molecule has 3 atom stereocenters. The van der Waals surface area contributed by atoms with Gasteiger partial charge in [-0.15, -0.1) is 0 Å². The van der Waals surface area contributed by atoms with E-state index in [0.29, 0.717) is 12.6 Å². The molecule has 1 fully saturated rings. The van der Waals surface area contributed by atoms with Gasteiger partial charge in [0.05, 0.1) is 0 Å². The Balaban J connectivity index is 0.000000474. The fourth-order valence-electron chi connectivity index (χ4n) is 2.83. The largest absolute Gasteiger partial charge is 0.485 e. The van der Waals surface area contributed by atoms with Gasteiger partial charge in [0.1, 0.15) is 6.79 Å². The molecule has 30 heavy (non-hydrogen) atoms. The smallest absolute Gasteiger partial charge is 0.313 e. The first-order valence-electron chi connectivity index (χ1n) is 9.49. The molecule has 2 unspecified atom stereocenters. The molecule has 0 aliphatic carbocycles. The van der Waals surface area contributed by atoms with E-state index in [1.807, 2.05) is 73.5 Å². The summed E-state index contributed by atoms with van der Waals surface area (Å²) in [6.07, 6.45) is 2.16. The van der Waals surface area contributed by atoms with Gasteiger partial charge in [-0.2, -0.15) is 13.2 Å². The van der Waals surface area contributed by atoms with Crippen LogP contribution in [0.15, 0.2) is 66.7 Å². The lowest BCUT2D eigenvalue weighted by molar-refractivity contribution is -0.0980. The molecule has 0 saturated carbocycles. The molecule has 0 radical (unpaired) electrons. The number of hydrogen-bond donors (Lipinski definition) is 3. The Hall–Kier alpha value is -2.07. The van der Waals surface area contributed by atoms with Gasteiger partial charge in [-0.1, -0.05) is 66.7 Å². The second kappa shape index (κ2) is 14.8. The first kappa shape index (κ1) is 26.0. The number of alkyl halides is 3. The molecule has 3 N–H and O–H groups in total. The van der Waals surface area contributed by atoms with Crippen LogP contribution in [0.5, 0.6) is 0 Å². The first-order valence-corrected chi connectivity index (χ1v) is 10.6. The fraction of sp³-hybridized carbons (Fsp3) is 0.381. The quantitative estimate of drug-likeness (QED) is 0.614. The van der Waals surface area contributed by atoms with Crippen molar-refractivity contribution in [3.63, 3.8) is 0 Å². The maximum atomic E-state index is 12.3. The molecule has 1 aliphatic heterocycles. The molecular weight excluding hydrogens is 415 g/mol. The van der Waals surface area contributed by atoms with Crippen LogP contribution in [0.3, 0.4) is 0 Å². The lowest BCUT2D eigenvalue weighted by Crippen LogP contribution is -2.41. The van der Waals surface area contributed by atoms with Gasteiger partial charge in [-0.25, -0.2) is 8.93 Å². The van der Waals surface area contributed by atoms with Crippen molar-refractivity contribution in [3.05, 3.63) is 72.3 Å². The minimum Gasteiger partial charge on any atom is -0.313 e. The Morgan fingerprint density at radius 2 is 1.57 bits per heavy atom. The molecule has 1 saturated heterocycles. The van der Waals surface area contributed by atoms with E-state index in [4.69, 9.17) is 4.79 Å². The van der Waals surface area contributed by atoms with Crippen LogP contribution in [0, 0.1) is 0 Å². The van der Waals surface area contributed by atoms with E-state index in [-0.39, 0.29) is 12.6 Å². The maximum Gasteiger partial charge on any atom is 0.485 e. The zero-order valence-electron chi connectivity index (χ0n) is 16.6. The summed E-state index contributed by atoms with van der Waals surface area (Å²) in [5.74, 6) is 0. The van der Waals surface area contributed by atoms with Gasteiger partial charge in [0, 0.05) is 25.2 Å². The topological polar surface area (TPSA) is 70.2 Å². The minimum atomic E-state index is -4.74. The highest BCUT2D eigenvalue weighted by molar-refractivity contribution is 7.83. The fourth-order valence-corrected chi connectivity index (χ4v) is 3.32. The highest BCUT2D eigenvalue weighted by Crippen LogP contribution is 2.19. The number of benzene rings is 2. The highest BCUT2D eigenvalue weighted by atomic mass is 32.2.